The van der Waals surface area contributed by atoms with Gasteiger partial charge in [-0.15, -0.1) is 0 Å². The number of likely N-dealkylation sites (tertiary alicyclic amines) is 1. The lowest BCUT2D eigenvalue weighted by Gasteiger charge is -2.22. The smallest absolute Gasteiger partial charge is 0.257 e. The van der Waals surface area contributed by atoms with Crippen molar-refractivity contribution in [3.05, 3.63) is 28.8 Å². The Morgan fingerprint density at radius 3 is 2.57 bits per heavy atom. The van der Waals surface area contributed by atoms with Crippen LogP contribution in [-0.2, 0) is 0 Å². The molecule has 2 saturated heterocycles. The van der Waals surface area contributed by atoms with Gasteiger partial charge in [0.05, 0.1) is 12.7 Å². The Balaban J connectivity index is 1.76. The van der Waals surface area contributed by atoms with E-state index >= 15 is 0 Å². The highest BCUT2D eigenvalue weighted by Crippen LogP contribution is 2.29. The van der Waals surface area contributed by atoms with Crippen LogP contribution in [0, 0.1) is 11.8 Å². The number of fused-ring (bicyclic) bond motifs is 1. The van der Waals surface area contributed by atoms with Gasteiger partial charge >= 0.3 is 0 Å². The first kappa shape index (κ1) is 14.7. The zero-order valence-electron chi connectivity index (χ0n) is 12.3. The lowest BCUT2D eigenvalue weighted by Crippen LogP contribution is -2.33. The maximum atomic E-state index is 12.8. The summed E-state index contributed by atoms with van der Waals surface area (Å²) in [6.07, 6.45) is 2.17. The fraction of sp³-hybridized carbons (Fsp3) is 0.562. The minimum Gasteiger partial charge on any atom is -0.496 e. The van der Waals surface area contributed by atoms with Crippen LogP contribution in [0.25, 0.3) is 0 Å². The van der Waals surface area contributed by atoms with Gasteiger partial charge in [0, 0.05) is 18.1 Å². The molecule has 3 rings (SSSR count). The summed E-state index contributed by atoms with van der Waals surface area (Å²) >= 11 is 5.96. The summed E-state index contributed by atoms with van der Waals surface area (Å²) in [5, 5.41) is 4.04. The molecule has 1 aromatic rings. The van der Waals surface area contributed by atoms with E-state index in [9.17, 15) is 4.79 Å². The number of carbonyl (C=O) groups excluding carboxylic acids is 1. The third-order valence-corrected chi connectivity index (χ3v) is 4.94. The van der Waals surface area contributed by atoms with Crippen molar-refractivity contribution in [2.75, 3.05) is 33.3 Å². The molecule has 0 saturated carbocycles. The topological polar surface area (TPSA) is 41.6 Å². The molecule has 21 heavy (non-hydrogen) atoms. The fourth-order valence-electron chi connectivity index (χ4n) is 3.43. The van der Waals surface area contributed by atoms with Gasteiger partial charge in [-0.25, -0.2) is 0 Å². The summed E-state index contributed by atoms with van der Waals surface area (Å²) in [5.41, 5.74) is 0.604. The van der Waals surface area contributed by atoms with E-state index in [0.717, 1.165) is 50.9 Å². The van der Waals surface area contributed by atoms with E-state index in [-0.39, 0.29) is 5.91 Å². The van der Waals surface area contributed by atoms with Crippen molar-refractivity contribution in [1.29, 1.82) is 0 Å². The number of amides is 1. The number of methoxy groups -OCH3 is 1. The number of ether oxygens (including phenoxy) is 1. The second kappa shape index (κ2) is 6.24. The fourth-order valence-corrected chi connectivity index (χ4v) is 3.60. The van der Waals surface area contributed by atoms with E-state index in [1.165, 1.54) is 0 Å². The van der Waals surface area contributed by atoms with Crippen molar-refractivity contribution in [3.8, 4) is 5.75 Å². The monoisotopic (exact) mass is 308 g/mol. The Morgan fingerprint density at radius 2 is 1.95 bits per heavy atom. The molecule has 2 aliphatic rings. The number of rotatable bonds is 2. The summed E-state index contributed by atoms with van der Waals surface area (Å²) in [6.45, 7) is 3.84. The Labute approximate surface area is 130 Å². The third-order valence-electron chi connectivity index (χ3n) is 4.70. The van der Waals surface area contributed by atoms with E-state index in [1.807, 2.05) is 4.90 Å². The Bertz CT molecular complexity index is 521. The number of carbonyl (C=O) groups is 1. The van der Waals surface area contributed by atoms with Crippen LogP contribution in [0.3, 0.4) is 0 Å². The van der Waals surface area contributed by atoms with Gasteiger partial charge < -0.3 is 15.0 Å². The quantitative estimate of drug-likeness (QED) is 0.912. The van der Waals surface area contributed by atoms with Gasteiger partial charge in [0.1, 0.15) is 5.75 Å². The Kier molecular flexibility index (Phi) is 4.36. The summed E-state index contributed by atoms with van der Waals surface area (Å²) < 4.78 is 5.30. The maximum Gasteiger partial charge on any atom is 0.257 e. The van der Waals surface area contributed by atoms with Crippen molar-refractivity contribution < 1.29 is 9.53 Å². The van der Waals surface area contributed by atoms with E-state index < -0.39 is 0 Å². The average molecular weight is 309 g/mol. The largest absolute Gasteiger partial charge is 0.496 e. The second-order valence-electron chi connectivity index (χ2n) is 5.89. The Hall–Kier alpha value is -1.26. The molecule has 2 atom stereocenters. The first-order valence-corrected chi connectivity index (χ1v) is 7.90. The molecular formula is C16H21ClN2O2. The highest BCUT2D eigenvalue weighted by atomic mass is 35.5. The van der Waals surface area contributed by atoms with Crippen molar-refractivity contribution >= 4 is 17.5 Å². The number of benzene rings is 1. The predicted molar refractivity (Wildman–Crippen MR) is 83.0 cm³/mol. The van der Waals surface area contributed by atoms with Crippen molar-refractivity contribution in [2.45, 2.75) is 12.8 Å². The van der Waals surface area contributed by atoms with Crippen LogP contribution in [0.1, 0.15) is 23.2 Å². The molecule has 0 bridgehead atoms. The summed E-state index contributed by atoms with van der Waals surface area (Å²) in [6, 6.07) is 5.20. The minimum atomic E-state index is 0.0523. The van der Waals surface area contributed by atoms with E-state index in [0.29, 0.717) is 16.3 Å². The third kappa shape index (κ3) is 3.01. The van der Waals surface area contributed by atoms with Crippen LogP contribution in [-0.4, -0.2) is 44.1 Å². The van der Waals surface area contributed by atoms with E-state index in [4.69, 9.17) is 16.3 Å². The van der Waals surface area contributed by atoms with Crippen LogP contribution in [0.2, 0.25) is 5.02 Å². The molecule has 0 spiro atoms. The summed E-state index contributed by atoms with van der Waals surface area (Å²) in [7, 11) is 1.57. The highest BCUT2D eigenvalue weighted by molar-refractivity contribution is 6.30. The standard InChI is InChI=1S/C16H21ClN2O2/c1-21-15-8-13(17)2-3-14(15)16(20)19-6-4-11-9-18-10-12(11)5-7-19/h2-3,8,11-12,18H,4-7,9-10H2,1H3/t11-,12+. The molecule has 4 nitrogen and oxygen atoms in total. The molecule has 1 N–H and O–H groups in total. The van der Waals surface area contributed by atoms with Crippen molar-refractivity contribution in [3.63, 3.8) is 0 Å². The molecule has 5 heteroatoms. The Morgan fingerprint density at radius 1 is 1.29 bits per heavy atom. The first-order valence-electron chi connectivity index (χ1n) is 7.52. The lowest BCUT2D eigenvalue weighted by molar-refractivity contribution is 0.0755. The first-order chi connectivity index (χ1) is 10.2. The molecule has 0 aliphatic carbocycles. The molecule has 2 fully saturated rings. The van der Waals surface area contributed by atoms with Gasteiger partial charge in [-0.3, -0.25) is 4.79 Å². The molecule has 2 aliphatic heterocycles. The van der Waals surface area contributed by atoms with Gasteiger partial charge in [-0.1, -0.05) is 11.6 Å². The molecule has 114 valence electrons. The molecular weight excluding hydrogens is 288 g/mol. The van der Waals surface area contributed by atoms with Gasteiger partial charge in [0.25, 0.3) is 5.91 Å². The van der Waals surface area contributed by atoms with Crippen LogP contribution in [0.5, 0.6) is 5.75 Å². The van der Waals surface area contributed by atoms with Gasteiger partial charge in [-0.05, 0) is 56.0 Å². The van der Waals surface area contributed by atoms with Crippen molar-refractivity contribution in [1.82, 2.24) is 10.2 Å². The zero-order valence-corrected chi connectivity index (χ0v) is 13.0. The summed E-state index contributed by atoms with van der Waals surface area (Å²) in [5.74, 6) is 2.04. The highest BCUT2D eigenvalue weighted by Gasteiger charge is 2.32. The molecule has 2 heterocycles. The zero-order chi connectivity index (χ0) is 14.8. The van der Waals surface area contributed by atoms with Gasteiger partial charge in [0.15, 0.2) is 0 Å². The molecule has 0 unspecified atom stereocenters. The molecule has 1 aromatic carbocycles. The van der Waals surface area contributed by atoms with Crippen LogP contribution in [0.15, 0.2) is 18.2 Å². The van der Waals surface area contributed by atoms with Crippen LogP contribution < -0.4 is 10.1 Å². The lowest BCUT2D eigenvalue weighted by atomic mass is 9.92. The number of nitrogens with one attached hydrogen (secondary N) is 1. The molecule has 0 aromatic heterocycles. The number of hydrogen-bond donors (Lipinski definition) is 1. The van der Waals surface area contributed by atoms with Crippen LogP contribution >= 0.6 is 11.6 Å². The van der Waals surface area contributed by atoms with E-state index in [2.05, 4.69) is 5.32 Å². The molecule has 0 radical (unpaired) electrons. The second-order valence-corrected chi connectivity index (χ2v) is 6.33. The molecule has 1 amide bonds. The summed E-state index contributed by atoms with van der Waals surface area (Å²) in [4.78, 5) is 14.7. The predicted octanol–water partition coefficient (Wildman–Crippen LogP) is 2.42. The van der Waals surface area contributed by atoms with Gasteiger partial charge in [-0.2, -0.15) is 0 Å². The van der Waals surface area contributed by atoms with Crippen LogP contribution in [0.4, 0.5) is 0 Å². The minimum absolute atomic E-state index is 0.0523. The number of halogens is 1. The van der Waals surface area contributed by atoms with Gasteiger partial charge in [0.2, 0.25) is 0 Å². The van der Waals surface area contributed by atoms with Crippen molar-refractivity contribution in [2.24, 2.45) is 11.8 Å². The maximum absolute atomic E-state index is 12.8. The SMILES string of the molecule is COc1cc(Cl)ccc1C(=O)N1CC[C@@H]2CNC[C@@H]2CC1. The number of hydrogen-bond acceptors (Lipinski definition) is 3. The average Bonchev–Trinajstić information content (AvgIpc) is 2.85. The van der Waals surface area contributed by atoms with E-state index in [1.54, 1.807) is 25.3 Å². The number of nitrogens with zero attached hydrogens (tertiary/aromatic N) is 1. The normalized spacial score (nSPS) is 25.3.